The molecule has 0 N–H and O–H groups in total. The number of nitriles is 1. The van der Waals surface area contributed by atoms with Gasteiger partial charge in [-0.2, -0.15) is 30.5 Å². The average Bonchev–Trinajstić information content (AvgIpc) is 2.05. The summed E-state index contributed by atoms with van der Waals surface area (Å²) in [5.41, 5.74) is 1.60. The fourth-order valence-corrected chi connectivity index (χ4v) is 1.09. The first-order valence-electron chi connectivity index (χ1n) is 3.10. The Labute approximate surface area is 76.9 Å². The van der Waals surface area contributed by atoms with Crippen LogP contribution in [0.1, 0.15) is 15.7 Å². The first-order chi connectivity index (χ1) is 5.24. The molecule has 0 aromatic heterocycles. The maximum atomic E-state index is 8.54. The molecule has 0 atom stereocenters. The Morgan fingerprint density at radius 3 is 2.64 bits per heavy atom. The Morgan fingerprint density at radius 2 is 2.09 bits per heavy atom. The number of hydrogen-bond donors (Lipinski definition) is 2. The monoisotopic (exact) mass is 181 g/mol. The summed E-state index contributed by atoms with van der Waals surface area (Å²) in [6.45, 7) is 0. The van der Waals surface area contributed by atoms with Gasteiger partial charge in [-0.15, -0.1) is 0 Å². The van der Waals surface area contributed by atoms with Crippen molar-refractivity contribution in [3.8, 4) is 6.07 Å². The van der Waals surface area contributed by atoms with E-state index in [4.69, 9.17) is 5.26 Å². The standard InChI is InChI=1S/C8H7NS2/c9-5-6-2-1-3-7(4-6)8(10)11/h1-4,8,10-11H. The molecule has 0 amide bonds. The average molecular weight is 181 g/mol. The van der Waals surface area contributed by atoms with Crippen LogP contribution in [0.15, 0.2) is 24.3 Å². The van der Waals surface area contributed by atoms with E-state index >= 15 is 0 Å². The first kappa shape index (κ1) is 8.51. The smallest absolute Gasteiger partial charge is 0.0991 e. The van der Waals surface area contributed by atoms with Crippen LogP contribution in [-0.4, -0.2) is 0 Å². The summed E-state index contributed by atoms with van der Waals surface area (Å²) in [5, 5.41) is 8.54. The molecule has 0 aliphatic heterocycles. The van der Waals surface area contributed by atoms with Crippen LogP contribution < -0.4 is 0 Å². The minimum atomic E-state index is -0.108. The Balaban J connectivity index is 3.03. The Bertz CT molecular complexity index is 288. The van der Waals surface area contributed by atoms with Gasteiger partial charge in [0.15, 0.2) is 0 Å². The second-order valence-corrected chi connectivity index (χ2v) is 3.55. The topological polar surface area (TPSA) is 23.8 Å². The largest absolute Gasteiger partial charge is 0.192 e. The number of hydrogen-bond acceptors (Lipinski definition) is 3. The van der Waals surface area contributed by atoms with Crippen molar-refractivity contribution in [2.45, 2.75) is 4.58 Å². The second-order valence-electron chi connectivity index (χ2n) is 2.11. The van der Waals surface area contributed by atoms with E-state index in [1.165, 1.54) is 0 Å². The zero-order valence-corrected chi connectivity index (χ0v) is 7.52. The number of nitrogens with zero attached hydrogens (tertiary/aromatic N) is 1. The van der Waals surface area contributed by atoms with Crippen LogP contribution in [0.5, 0.6) is 0 Å². The number of rotatable bonds is 1. The Kier molecular flexibility index (Phi) is 2.86. The summed E-state index contributed by atoms with van der Waals surface area (Å²) in [6.07, 6.45) is 0. The van der Waals surface area contributed by atoms with Crippen LogP contribution in [0.3, 0.4) is 0 Å². The van der Waals surface area contributed by atoms with Gasteiger partial charge in [0.2, 0.25) is 0 Å². The summed E-state index contributed by atoms with van der Waals surface area (Å²) in [6, 6.07) is 9.32. The lowest BCUT2D eigenvalue weighted by molar-refractivity contribution is 1.37. The molecule has 0 saturated carbocycles. The molecule has 11 heavy (non-hydrogen) atoms. The van der Waals surface area contributed by atoms with Gasteiger partial charge < -0.3 is 0 Å². The van der Waals surface area contributed by atoms with Gasteiger partial charge in [0, 0.05) is 0 Å². The molecule has 0 radical (unpaired) electrons. The molecule has 0 fully saturated rings. The van der Waals surface area contributed by atoms with Gasteiger partial charge in [0.25, 0.3) is 0 Å². The molecule has 0 spiro atoms. The molecule has 0 bridgehead atoms. The molecule has 0 unspecified atom stereocenters. The highest BCUT2D eigenvalue weighted by Gasteiger charge is 1.99. The van der Waals surface area contributed by atoms with Crippen LogP contribution in [0, 0.1) is 11.3 Å². The summed E-state index contributed by atoms with van der Waals surface area (Å²) >= 11 is 8.26. The zero-order chi connectivity index (χ0) is 8.27. The Morgan fingerprint density at radius 1 is 1.36 bits per heavy atom. The van der Waals surface area contributed by atoms with E-state index < -0.39 is 0 Å². The van der Waals surface area contributed by atoms with E-state index in [0.29, 0.717) is 5.56 Å². The molecule has 1 rings (SSSR count). The molecule has 56 valence electrons. The third kappa shape index (κ3) is 2.18. The molecule has 0 aliphatic carbocycles. The molecule has 1 aromatic carbocycles. The molecule has 0 heterocycles. The normalized spacial score (nSPS) is 9.64. The van der Waals surface area contributed by atoms with Crippen molar-refractivity contribution in [1.82, 2.24) is 0 Å². The SMILES string of the molecule is N#Cc1cccc(C(S)S)c1. The second kappa shape index (κ2) is 3.70. The third-order valence-electron chi connectivity index (χ3n) is 1.31. The van der Waals surface area contributed by atoms with E-state index in [0.717, 1.165) is 5.56 Å². The first-order valence-corrected chi connectivity index (χ1v) is 4.13. The summed E-state index contributed by atoms with van der Waals surface area (Å²) in [4.78, 5) is 0. The van der Waals surface area contributed by atoms with Gasteiger partial charge in [0.05, 0.1) is 16.2 Å². The zero-order valence-electron chi connectivity index (χ0n) is 5.73. The quantitative estimate of drug-likeness (QED) is 0.504. The van der Waals surface area contributed by atoms with Crippen molar-refractivity contribution >= 4 is 25.3 Å². The highest BCUT2D eigenvalue weighted by atomic mass is 32.2. The molecule has 3 heteroatoms. The molecular formula is C8H7NS2. The van der Waals surface area contributed by atoms with Crippen molar-refractivity contribution in [1.29, 1.82) is 5.26 Å². The van der Waals surface area contributed by atoms with E-state index in [1.54, 1.807) is 12.1 Å². The van der Waals surface area contributed by atoms with Crippen LogP contribution >= 0.6 is 25.3 Å². The maximum absolute atomic E-state index is 8.54. The van der Waals surface area contributed by atoms with E-state index in [1.807, 2.05) is 12.1 Å². The van der Waals surface area contributed by atoms with E-state index in [9.17, 15) is 0 Å². The molecule has 1 nitrogen and oxygen atoms in total. The predicted molar refractivity (Wildman–Crippen MR) is 51.9 cm³/mol. The van der Waals surface area contributed by atoms with Crippen LogP contribution in [0.4, 0.5) is 0 Å². The van der Waals surface area contributed by atoms with Crippen molar-refractivity contribution < 1.29 is 0 Å². The van der Waals surface area contributed by atoms with Crippen molar-refractivity contribution in [3.63, 3.8) is 0 Å². The van der Waals surface area contributed by atoms with Crippen LogP contribution in [0.25, 0.3) is 0 Å². The van der Waals surface area contributed by atoms with E-state index in [2.05, 4.69) is 31.3 Å². The fraction of sp³-hybridized carbons (Fsp3) is 0.125. The minimum absolute atomic E-state index is 0.108. The van der Waals surface area contributed by atoms with Gasteiger partial charge in [-0.05, 0) is 17.7 Å². The summed E-state index contributed by atoms with van der Waals surface area (Å²) < 4.78 is -0.108. The minimum Gasteiger partial charge on any atom is -0.192 e. The van der Waals surface area contributed by atoms with E-state index in [-0.39, 0.29) is 4.58 Å². The maximum Gasteiger partial charge on any atom is 0.0991 e. The predicted octanol–water partition coefficient (Wildman–Crippen LogP) is 2.42. The Hall–Kier alpha value is -0.590. The van der Waals surface area contributed by atoms with Crippen LogP contribution in [0.2, 0.25) is 0 Å². The molecule has 0 aliphatic rings. The van der Waals surface area contributed by atoms with Gasteiger partial charge in [-0.25, -0.2) is 0 Å². The van der Waals surface area contributed by atoms with Gasteiger partial charge >= 0.3 is 0 Å². The fourth-order valence-electron chi connectivity index (χ4n) is 0.769. The highest BCUT2D eigenvalue weighted by molar-refractivity contribution is 7.98. The van der Waals surface area contributed by atoms with Gasteiger partial charge in [-0.1, -0.05) is 12.1 Å². The van der Waals surface area contributed by atoms with Crippen molar-refractivity contribution in [2.75, 3.05) is 0 Å². The highest BCUT2D eigenvalue weighted by Crippen LogP contribution is 2.23. The molecule has 0 saturated heterocycles. The third-order valence-corrected chi connectivity index (χ3v) is 1.91. The molecular weight excluding hydrogens is 174 g/mol. The summed E-state index contributed by atoms with van der Waals surface area (Å²) in [5.74, 6) is 0. The molecule has 1 aromatic rings. The number of thiol groups is 2. The lowest BCUT2D eigenvalue weighted by Gasteiger charge is -2.02. The van der Waals surface area contributed by atoms with Gasteiger partial charge in [-0.3, -0.25) is 0 Å². The van der Waals surface area contributed by atoms with Crippen molar-refractivity contribution in [3.05, 3.63) is 35.4 Å². The number of benzene rings is 1. The van der Waals surface area contributed by atoms with Crippen LogP contribution in [-0.2, 0) is 0 Å². The van der Waals surface area contributed by atoms with Crippen molar-refractivity contribution in [2.24, 2.45) is 0 Å². The lowest BCUT2D eigenvalue weighted by atomic mass is 10.2. The summed E-state index contributed by atoms with van der Waals surface area (Å²) in [7, 11) is 0. The van der Waals surface area contributed by atoms with Gasteiger partial charge in [0.1, 0.15) is 0 Å². The lowest BCUT2D eigenvalue weighted by Crippen LogP contribution is -1.82.